The minimum atomic E-state index is -0.393. The number of nitro benzene ring substituents is 1. The third-order valence-corrected chi connectivity index (χ3v) is 2.92. The molecule has 6 heteroatoms. The standard InChI is InChI=1S/C15H17N3O3/c1-11-2-7-14(15(10-11)18(19)20)17-8-9-21-13-5-3-12(16)4-6-13/h2-7,10,17H,8-9,16H2,1H3. The summed E-state index contributed by atoms with van der Waals surface area (Å²) in [4.78, 5) is 10.6. The van der Waals surface area contributed by atoms with E-state index < -0.39 is 4.92 Å². The number of nitrogens with zero attached hydrogens (tertiary/aromatic N) is 1. The molecule has 2 rings (SSSR count). The summed E-state index contributed by atoms with van der Waals surface area (Å²) in [5, 5.41) is 14.0. The highest BCUT2D eigenvalue weighted by atomic mass is 16.6. The van der Waals surface area contributed by atoms with Crippen LogP contribution in [0.2, 0.25) is 0 Å². The van der Waals surface area contributed by atoms with Crippen LogP contribution in [0.1, 0.15) is 5.56 Å². The number of nitrogens with two attached hydrogens (primary N) is 1. The van der Waals surface area contributed by atoms with Crippen molar-refractivity contribution in [1.82, 2.24) is 0 Å². The van der Waals surface area contributed by atoms with Gasteiger partial charge in [0, 0.05) is 18.3 Å². The summed E-state index contributed by atoms with van der Waals surface area (Å²) in [5.74, 6) is 0.712. The Labute approximate surface area is 122 Å². The molecule has 0 radical (unpaired) electrons. The van der Waals surface area contributed by atoms with E-state index >= 15 is 0 Å². The van der Waals surface area contributed by atoms with E-state index in [1.807, 2.05) is 13.0 Å². The van der Waals surface area contributed by atoms with Gasteiger partial charge in [0.25, 0.3) is 5.69 Å². The fourth-order valence-corrected chi connectivity index (χ4v) is 1.86. The molecule has 0 bridgehead atoms. The van der Waals surface area contributed by atoms with E-state index in [0.717, 1.165) is 5.56 Å². The maximum atomic E-state index is 11.0. The van der Waals surface area contributed by atoms with Gasteiger partial charge in [0.1, 0.15) is 18.0 Å². The molecule has 0 aliphatic rings. The van der Waals surface area contributed by atoms with Crippen LogP contribution in [-0.4, -0.2) is 18.1 Å². The molecule has 0 spiro atoms. The summed E-state index contributed by atoms with van der Waals surface area (Å²) >= 11 is 0. The fourth-order valence-electron chi connectivity index (χ4n) is 1.86. The average molecular weight is 287 g/mol. The van der Waals surface area contributed by atoms with Gasteiger partial charge in [-0.05, 0) is 42.8 Å². The second kappa shape index (κ2) is 6.60. The molecule has 0 aliphatic carbocycles. The van der Waals surface area contributed by atoms with Crippen LogP contribution in [0.5, 0.6) is 5.75 Å². The Hall–Kier alpha value is -2.76. The lowest BCUT2D eigenvalue weighted by molar-refractivity contribution is -0.384. The highest BCUT2D eigenvalue weighted by molar-refractivity contribution is 5.62. The van der Waals surface area contributed by atoms with Crippen LogP contribution < -0.4 is 15.8 Å². The molecule has 110 valence electrons. The molecule has 0 aliphatic heterocycles. The van der Waals surface area contributed by atoms with E-state index in [4.69, 9.17) is 10.5 Å². The van der Waals surface area contributed by atoms with Crippen molar-refractivity contribution in [2.24, 2.45) is 0 Å². The highest BCUT2D eigenvalue weighted by Gasteiger charge is 2.12. The summed E-state index contributed by atoms with van der Waals surface area (Å²) < 4.78 is 5.52. The first-order chi connectivity index (χ1) is 10.1. The molecule has 0 unspecified atom stereocenters. The number of rotatable bonds is 6. The summed E-state index contributed by atoms with van der Waals surface area (Å²) in [6, 6.07) is 12.2. The Morgan fingerprint density at radius 3 is 2.62 bits per heavy atom. The smallest absolute Gasteiger partial charge is 0.292 e. The van der Waals surface area contributed by atoms with Crippen LogP contribution >= 0.6 is 0 Å². The number of ether oxygens (including phenoxy) is 1. The number of hydrogen-bond donors (Lipinski definition) is 2. The molecule has 2 aromatic rings. The zero-order chi connectivity index (χ0) is 15.2. The first-order valence-corrected chi connectivity index (χ1v) is 6.53. The van der Waals surface area contributed by atoms with Gasteiger partial charge in [-0.15, -0.1) is 0 Å². The van der Waals surface area contributed by atoms with Crippen molar-refractivity contribution < 1.29 is 9.66 Å². The Kier molecular flexibility index (Phi) is 4.61. The maximum Gasteiger partial charge on any atom is 0.292 e. The normalized spacial score (nSPS) is 10.1. The molecule has 0 amide bonds. The molecule has 6 nitrogen and oxygen atoms in total. The Balaban J connectivity index is 1.89. The zero-order valence-electron chi connectivity index (χ0n) is 11.7. The molecule has 21 heavy (non-hydrogen) atoms. The molecule has 2 aromatic carbocycles. The van der Waals surface area contributed by atoms with Gasteiger partial charge in [0.2, 0.25) is 0 Å². The Morgan fingerprint density at radius 1 is 1.24 bits per heavy atom. The van der Waals surface area contributed by atoms with Crippen molar-refractivity contribution in [2.75, 3.05) is 24.2 Å². The number of benzene rings is 2. The number of nitro groups is 1. The SMILES string of the molecule is Cc1ccc(NCCOc2ccc(N)cc2)c([N+](=O)[O-])c1. The van der Waals surface area contributed by atoms with Crippen LogP contribution in [0.15, 0.2) is 42.5 Å². The summed E-state index contributed by atoms with van der Waals surface area (Å²) in [6.07, 6.45) is 0. The summed E-state index contributed by atoms with van der Waals surface area (Å²) in [5.41, 5.74) is 7.68. The van der Waals surface area contributed by atoms with E-state index in [1.165, 1.54) is 0 Å². The monoisotopic (exact) mass is 287 g/mol. The van der Waals surface area contributed by atoms with Crippen molar-refractivity contribution >= 4 is 17.1 Å². The molecule has 0 heterocycles. The van der Waals surface area contributed by atoms with Crippen molar-refractivity contribution in [2.45, 2.75) is 6.92 Å². The molecule has 0 aromatic heterocycles. The van der Waals surface area contributed by atoms with Gasteiger partial charge in [-0.25, -0.2) is 0 Å². The number of hydrogen-bond acceptors (Lipinski definition) is 5. The van der Waals surface area contributed by atoms with Crippen LogP contribution in [0.25, 0.3) is 0 Å². The first kappa shape index (κ1) is 14.6. The third kappa shape index (κ3) is 4.10. The van der Waals surface area contributed by atoms with Gasteiger partial charge in [0.05, 0.1) is 4.92 Å². The second-order valence-corrected chi connectivity index (χ2v) is 4.62. The third-order valence-electron chi connectivity index (χ3n) is 2.92. The molecular formula is C15H17N3O3. The van der Waals surface area contributed by atoms with Crippen molar-refractivity contribution in [1.29, 1.82) is 0 Å². The Morgan fingerprint density at radius 2 is 1.95 bits per heavy atom. The predicted octanol–water partition coefficient (Wildman–Crippen LogP) is 2.98. The summed E-state index contributed by atoms with van der Waals surface area (Å²) in [7, 11) is 0. The lowest BCUT2D eigenvalue weighted by Crippen LogP contribution is -2.12. The van der Waals surface area contributed by atoms with Gasteiger partial charge in [0.15, 0.2) is 0 Å². The van der Waals surface area contributed by atoms with Crippen LogP contribution in [0, 0.1) is 17.0 Å². The zero-order valence-corrected chi connectivity index (χ0v) is 11.7. The summed E-state index contributed by atoms with van der Waals surface area (Å²) in [6.45, 7) is 2.68. The van der Waals surface area contributed by atoms with Crippen LogP contribution in [-0.2, 0) is 0 Å². The van der Waals surface area contributed by atoms with Gasteiger partial charge in [-0.1, -0.05) is 6.07 Å². The van der Waals surface area contributed by atoms with Crippen LogP contribution in [0.4, 0.5) is 17.1 Å². The lowest BCUT2D eigenvalue weighted by atomic mass is 10.2. The number of nitrogens with one attached hydrogen (secondary N) is 1. The minimum absolute atomic E-state index is 0.0717. The van der Waals surface area contributed by atoms with Gasteiger partial charge < -0.3 is 15.8 Å². The number of nitrogen functional groups attached to an aromatic ring is 1. The van der Waals surface area contributed by atoms with E-state index in [2.05, 4.69) is 5.32 Å². The first-order valence-electron chi connectivity index (χ1n) is 6.53. The van der Waals surface area contributed by atoms with Gasteiger partial charge in [-0.2, -0.15) is 0 Å². The molecular weight excluding hydrogens is 270 g/mol. The molecule has 0 saturated carbocycles. The van der Waals surface area contributed by atoms with E-state index in [-0.39, 0.29) is 5.69 Å². The molecule has 0 fully saturated rings. The van der Waals surface area contributed by atoms with Crippen molar-refractivity contribution in [3.05, 3.63) is 58.1 Å². The van der Waals surface area contributed by atoms with E-state index in [0.29, 0.717) is 30.3 Å². The highest BCUT2D eigenvalue weighted by Crippen LogP contribution is 2.25. The Bertz CT molecular complexity index is 627. The maximum absolute atomic E-state index is 11.0. The fraction of sp³-hybridized carbons (Fsp3) is 0.200. The van der Waals surface area contributed by atoms with Gasteiger partial charge >= 0.3 is 0 Å². The predicted molar refractivity (Wildman–Crippen MR) is 82.7 cm³/mol. The topological polar surface area (TPSA) is 90.4 Å². The number of anilines is 2. The quantitative estimate of drug-likeness (QED) is 0.369. The largest absolute Gasteiger partial charge is 0.492 e. The molecule has 0 atom stereocenters. The van der Waals surface area contributed by atoms with Crippen molar-refractivity contribution in [3.8, 4) is 5.75 Å². The lowest BCUT2D eigenvalue weighted by Gasteiger charge is -2.09. The van der Waals surface area contributed by atoms with E-state index in [1.54, 1.807) is 36.4 Å². The van der Waals surface area contributed by atoms with Crippen molar-refractivity contribution in [3.63, 3.8) is 0 Å². The van der Waals surface area contributed by atoms with Crippen LogP contribution in [0.3, 0.4) is 0 Å². The molecule has 3 N–H and O–H groups in total. The minimum Gasteiger partial charge on any atom is -0.492 e. The van der Waals surface area contributed by atoms with E-state index in [9.17, 15) is 10.1 Å². The van der Waals surface area contributed by atoms with Gasteiger partial charge in [-0.3, -0.25) is 10.1 Å². The second-order valence-electron chi connectivity index (χ2n) is 4.62. The average Bonchev–Trinajstić information content (AvgIpc) is 2.46. The molecule has 0 saturated heterocycles. The number of aryl methyl sites for hydroxylation is 1.